The molecule has 2 unspecified atom stereocenters. The van der Waals surface area contributed by atoms with Crippen molar-refractivity contribution in [2.75, 3.05) is 11.9 Å². The number of carbonyl (C=O) groups excluding carboxylic acids is 3. The van der Waals surface area contributed by atoms with E-state index < -0.39 is 17.3 Å². The van der Waals surface area contributed by atoms with Crippen molar-refractivity contribution in [3.05, 3.63) is 77.0 Å². The van der Waals surface area contributed by atoms with Crippen LogP contribution in [-0.4, -0.2) is 45.5 Å². The van der Waals surface area contributed by atoms with Gasteiger partial charge < -0.3 is 10.2 Å². The highest BCUT2D eigenvalue weighted by molar-refractivity contribution is 8.03. The molecule has 8 heteroatoms. The molecule has 2 aliphatic heterocycles. The zero-order chi connectivity index (χ0) is 21.3. The summed E-state index contributed by atoms with van der Waals surface area (Å²) < 4.78 is 13.2. The fraction of sp³-hybridized carbons (Fsp3) is 0.227. The molecule has 2 heterocycles. The van der Waals surface area contributed by atoms with Gasteiger partial charge in [0.15, 0.2) is 0 Å². The molecule has 6 nitrogen and oxygen atoms in total. The number of amides is 4. The Labute approximate surface area is 177 Å². The van der Waals surface area contributed by atoms with Crippen LogP contribution in [0.2, 0.25) is 0 Å². The molecule has 0 aliphatic carbocycles. The number of urea groups is 1. The highest BCUT2D eigenvalue weighted by Crippen LogP contribution is 2.34. The van der Waals surface area contributed by atoms with E-state index in [2.05, 4.69) is 5.32 Å². The van der Waals surface area contributed by atoms with E-state index in [0.717, 1.165) is 10.5 Å². The maximum absolute atomic E-state index is 13.2. The molecule has 30 heavy (non-hydrogen) atoms. The van der Waals surface area contributed by atoms with Crippen LogP contribution in [0.4, 0.5) is 14.9 Å². The standard InChI is InChI=1S/C22H20FN3O3S/c1-14-3-2-4-17(11-14)24-19(27)13-25-18-9-10-30-20(18)21(28)26(22(25)29)12-15-5-7-16(23)8-6-15/h2-11,18,20H,12-13H2,1H3,(H,24,27). The minimum absolute atomic E-state index is 0.0255. The summed E-state index contributed by atoms with van der Waals surface area (Å²) in [5.41, 5.74) is 2.29. The van der Waals surface area contributed by atoms with Gasteiger partial charge in [0, 0.05) is 5.69 Å². The zero-order valence-electron chi connectivity index (χ0n) is 16.2. The summed E-state index contributed by atoms with van der Waals surface area (Å²) in [5.74, 6) is -1.03. The van der Waals surface area contributed by atoms with Gasteiger partial charge in [-0.25, -0.2) is 9.18 Å². The van der Waals surface area contributed by atoms with Gasteiger partial charge in [-0.15, -0.1) is 11.8 Å². The zero-order valence-corrected chi connectivity index (χ0v) is 17.1. The molecule has 1 N–H and O–H groups in total. The number of aryl methyl sites for hydroxylation is 1. The van der Waals surface area contributed by atoms with Gasteiger partial charge in [0.25, 0.3) is 0 Å². The summed E-state index contributed by atoms with van der Waals surface area (Å²) in [6.45, 7) is 1.78. The van der Waals surface area contributed by atoms with Crippen LogP contribution in [-0.2, 0) is 16.1 Å². The van der Waals surface area contributed by atoms with Crippen LogP contribution < -0.4 is 5.32 Å². The van der Waals surface area contributed by atoms with Gasteiger partial charge in [0.05, 0.1) is 12.6 Å². The van der Waals surface area contributed by atoms with E-state index in [1.807, 2.05) is 25.1 Å². The molecule has 2 aromatic carbocycles. The second kappa shape index (κ2) is 8.31. The van der Waals surface area contributed by atoms with Gasteiger partial charge in [0.2, 0.25) is 11.8 Å². The van der Waals surface area contributed by atoms with E-state index in [1.54, 1.807) is 17.6 Å². The third-order valence-electron chi connectivity index (χ3n) is 5.03. The van der Waals surface area contributed by atoms with Gasteiger partial charge in [0.1, 0.15) is 17.6 Å². The third-order valence-corrected chi connectivity index (χ3v) is 6.11. The molecule has 0 spiro atoms. The topological polar surface area (TPSA) is 69.7 Å². The van der Waals surface area contributed by atoms with Crippen LogP contribution >= 0.6 is 11.8 Å². The summed E-state index contributed by atoms with van der Waals surface area (Å²) in [7, 11) is 0. The Hall–Kier alpha value is -3.13. The van der Waals surface area contributed by atoms with E-state index in [-0.39, 0.29) is 30.7 Å². The van der Waals surface area contributed by atoms with Crippen molar-refractivity contribution >= 4 is 35.3 Å². The van der Waals surface area contributed by atoms with Crippen molar-refractivity contribution in [1.29, 1.82) is 0 Å². The fourth-order valence-electron chi connectivity index (χ4n) is 3.56. The second-order valence-corrected chi connectivity index (χ2v) is 8.31. The Morgan fingerprint density at radius 3 is 2.67 bits per heavy atom. The van der Waals surface area contributed by atoms with Crippen LogP contribution in [0, 0.1) is 12.7 Å². The van der Waals surface area contributed by atoms with E-state index >= 15 is 0 Å². The number of rotatable bonds is 5. The molecular weight excluding hydrogens is 405 g/mol. The highest BCUT2D eigenvalue weighted by Gasteiger charge is 2.47. The molecule has 0 saturated carbocycles. The number of hydrogen-bond acceptors (Lipinski definition) is 4. The van der Waals surface area contributed by atoms with Crippen LogP contribution in [0.1, 0.15) is 11.1 Å². The fourth-order valence-corrected chi connectivity index (χ4v) is 4.63. The second-order valence-electron chi connectivity index (χ2n) is 7.25. The van der Waals surface area contributed by atoms with Crippen molar-refractivity contribution in [2.24, 2.45) is 0 Å². The molecule has 2 atom stereocenters. The lowest BCUT2D eigenvalue weighted by Gasteiger charge is -2.40. The predicted molar refractivity (Wildman–Crippen MR) is 113 cm³/mol. The summed E-state index contributed by atoms with van der Waals surface area (Å²) in [5, 5.41) is 4.10. The predicted octanol–water partition coefficient (Wildman–Crippen LogP) is 3.53. The Morgan fingerprint density at radius 1 is 1.17 bits per heavy atom. The lowest BCUT2D eigenvalue weighted by molar-refractivity contribution is -0.132. The number of carbonyl (C=O) groups is 3. The van der Waals surface area contributed by atoms with Crippen molar-refractivity contribution in [1.82, 2.24) is 9.80 Å². The minimum atomic E-state index is -0.530. The molecule has 1 saturated heterocycles. The first-order chi connectivity index (χ1) is 14.4. The summed E-state index contributed by atoms with van der Waals surface area (Å²) in [6, 6.07) is 12.0. The molecule has 2 aromatic rings. The molecule has 0 aromatic heterocycles. The molecule has 1 fully saturated rings. The Balaban J connectivity index is 1.52. The smallest absolute Gasteiger partial charge is 0.325 e. The van der Waals surface area contributed by atoms with Gasteiger partial charge in [-0.1, -0.05) is 30.3 Å². The first-order valence-electron chi connectivity index (χ1n) is 9.47. The summed E-state index contributed by atoms with van der Waals surface area (Å²) in [4.78, 5) is 41.2. The van der Waals surface area contributed by atoms with Gasteiger partial charge in [-0.2, -0.15) is 0 Å². The van der Waals surface area contributed by atoms with Crippen molar-refractivity contribution < 1.29 is 18.8 Å². The SMILES string of the molecule is Cc1cccc(NC(=O)CN2C(=O)N(Cc3ccc(F)cc3)C(=O)C3SC=CC32)c1. The molecule has 0 radical (unpaired) electrons. The molecule has 0 bridgehead atoms. The molecule has 154 valence electrons. The quantitative estimate of drug-likeness (QED) is 0.796. The van der Waals surface area contributed by atoms with Gasteiger partial charge >= 0.3 is 6.03 Å². The van der Waals surface area contributed by atoms with Crippen molar-refractivity contribution in [3.8, 4) is 0 Å². The van der Waals surface area contributed by atoms with Crippen molar-refractivity contribution in [3.63, 3.8) is 0 Å². The molecule has 4 rings (SSSR count). The van der Waals surface area contributed by atoms with Gasteiger partial charge in [-0.3, -0.25) is 14.5 Å². The van der Waals surface area contributed by atoms with E-state index in [4.69, 9.17) is 0 Å². The van der Waals surface area contributed by atoms with Crippen LogP contribution in [0.15, 0.2) is 60.0 Å². The molecular formula is C22H20FN3O3S. The van der Waals surface area contributed by atoms with Gasteiger partial charge in [-0.05, 0) is 47.7 Å². The molecule has 2 aliphatic rings. The average molecular weight is 425 g/mol. The third kappa shape index (κ3) is 4.09. The summed E-state index contributed by atoms with van der Waals surface area (Å²) in [6.07, 6.45) is 1.78. The lowest BCUT2D eigenvalue weighted by Crippen LogP contribution is -2.62. The van der Waals surface area contributed by atoms with E-state index in [9.17, 15) is 18.8 Å². The number of hydrogen-bond donors (Lipinski definition) is 1. The first-order valence-corrected chi connectivity index (χ1v) is 10.4. The normalized spacial score (nSPS) is 20.5. The van der Waals surface area contributed by atoms with E-state index in [0.29, 0.717) is 11.3 Å². The average Bonchev–Trinajstić information content (AvgIpc) is 3.20. The maximum Gasteiger partial charge on any atom is 0.328 e. The largest absolute Gasteiger partial charge is 0.328 e. The number of anilines is 1. The Kier molecular flexibility index (Phi) is 5.59. The number of fused-ring (bicyclic) bond motifs is 1. The number of thioether (sulfide) groups is 1. The monoisotopic (exact) mass is 425 g/mol. The maximum atomic E-state index is 13.2. The van der Waals surface area contributed by atoms with Crippen LogP contribution in [0.25, 0.3) is 0 Å². The van der Waals surface area contributed by atoms with E-state index in [1.165, 1.54) is 40.9 Å². The number of nitrogens with zero attached hydrogens (tertiary/aromatic N) is 2. The first kappa shape index (κ1) is 20.2. The minimum Gasteiger partial charge on any atom is -0.325 e. The van der Waals surface area contributed by atoms with Crippen LogP contribution in [0.5, 0.6) is 0 Å². The molecule has 4 amide bonds. The summed E-state index contributed by atoms with van der Waals surface area (Å²) >= 11 is 1.33. The van der Waals surface area contributed by atoms with Crippen molar-refractivity contribution in [2.45, 2.75) is 24.8 Å². The number of imide groups is 1. The Morgan fingerprint density at radius 2 is 1.93 bits per heavy atom. The Bertz CT molecular complexity index is 1020. The number of halogens is 1. The number of benzene rings is 2. The lowest BCUT2D eigenvalue weighted by atomic mass is 10.1. The number of nitrogens with one attached hydrogen (secondary N) is 1. The van der Waals surface area contributed by atoms with Crippen LogP contribution in [0.3, 0.4) is 0 Å². The highest BCUT2D eigenvalue weighted by atomic mass is 32.2.